The first-order chi connectivity index (χ1) is 10.9. The van der Waals surface area contributed by atoms with Crippen molar-refractivity contribution in [3.05, 3.63) is 33.9 Å². The molecule has 1 aliphatic rings. The largest absolute Gasteiger partial charge is 0.370 e. The predicted octanol–water partition coefficient (Wildman–Crippen LogP) is 1.20. The Bertz CT molecular complexity index is 698. The Morgan fingerprint density at radius 3 is 2.96 bits per heavy atom. The van der Waals surface area contributed by atoms with Gasteiger partial charge in [0.2, 0.25) is 5.91 Å². The molecule has 0 saturated carbocycles. The van der Waals surface area contributed by atoms with Crippen LogP contribution in [0.1, 0.15) is 25.8 Å². The molecule has 1 aromatic rings. The molecular weight excluding hydrogens is 300 g/mol. The molecule has 1 atom stereocenters. The van der Waals surface area contributed by atoms with Crippen LogP contribution in [0.4, 0.5) is 11.4 Å². The Hall–Kier alpha value is -2.97. The molecule has 4 N–H and O–H groups in total. The van der Waals surface area contributed by atoms with Crippen molar-refractivity contribution >= 4 is 29.0 Å². The standard InChI is InChI=1S/C14H18N6O3/c1-3-16-14(15)17-10-5-4-9(7-11(10)20(22)23)13-8(2)6-12(21)18-19-13/h4-5,7-8H,3,6H2,1-2H3,(H,18,21)(H3,15,16,17). The molecule has 23 heavy (non-hydrogen) atoms. The van der Waals surface area contributed by atoms with E-state index in [1.165, 1.54) is 6.07 Å². The number of aliphatic imine (C=N–C) groups is 1. The number of carbonyl (C=O) groups excluding carboxylic acids is 1. The first-order valence-corrected chi connectivity index (χ1v) is 7.14. The van der Waals surface area contributed by atoms with Gasteiger partial charge >= 0.3 is 0 Å². The Balaban J connectivity index is 2.38. The molecule has 2 rings (SSSR count). The summed E-state index contributed by atoms with van der Waals surface area (Å²) in [5.41, 5.74) is 9.35. The number of nitro groups is 1. The maximum absolute atomic E-state index is 11.3. The number of nitrogens with one attached hydrogen (secondary N) is 2. The lowest BCUT2D eigenvalue weighted by atomic mass is 9.93. The van der Waals surface area contributed by atoms with E-state index in [2.05, 4.69) is 20.8 Å². The second-order valence-electron chi connectivity index (χ2n) is 5.11. The van der Waals surface area contributed by atoms with Crippen LogP contribution in [0, 0.1) is 16.0 Å². The third-order valence-electron chi connectivity index (χ3n) is 3.34. The molecule has 1 aliphatic heterocycles. The molecule has 0 aliphatic carbocycles. The summed E-state index contributed by atoms with van der Waals surface area (Å²) in [6, 6.07) is 4.66. The Morgan fingerprint density at radius 1 is 1.61 bits per heavy atom. The van der Waals surface area contributed by atoms with Gasteiger partial charge < -0.3 is 11.1 Å². The van der Waals surface area contributed by atoms with Gasteiger partial charge in [-0.05, 0) is 13.0 Å². The summed E-state index contributed by atoms with van der Waals surface area (Å²) >= 11 is 0. The Labute approximate surface area is 132 Å². The number of carbonyl (C=O) groups is 1. The van der Waals surface area contributed by atoms with Crippen LogP contribution >= 0.6 is 0 Å². The van der Waals surface area contributed by atoms with Crippen LogP contribution < -0.4 is 16.5 Å². The minimum Gasteiger partial charge on any atom is -0.370 e. The fourth-order valence-electron chi connectivity index (χ4n) is 2.30. The molecule has 9 heteroatoms. The van der Waals surface area contributed by atoms with Gasteiger partial charge in [0, 0.05) is 30.5 Å². The lowest BCUT2D eigenvalue weighted by Gasteiger charge is -2.19. The lowest BCUT2D eigenvalue weighted by Crippen LogP contribution is -2.32. The highest BCUT2D eigenvalue weighted by Gasteiger charge is 2.24. The maximum atomic E-state index is 11.3. The molecular formula is C14H18N6O3. The van der Waals surface area contributed by atoms with Crippen molar-refractivity contribution in [2.75, 3.05) is 11.9 Å². The fourth-order valence-corrected chi connectivity index (χ4v) is 2.30. The summed E-state index contributed by atoms with van der Waals surface area (Å²) in [6.45, 7) is 4.13. The number of nitro benzene ring substituents is 1. The van der Waals surface area contributed by atoms with Gasteiger partial charge in [0.1, 0.15) is 5.69 Å². The molecule has 0 spiro atoms. The van der Waals surface area contributed by atoms with Crippen molar-refractivity contribution in [1.29, 1.82) is 0 Å². The smallest absolute Gasteiger partial charge is 0.293 e. The van der Waals surface area contributed by atoms with E-state index >= 15 is 0 Å². The van der Waals surface area contributed by atoms with Crippen molar-refractivity contribution in [3.8, 4) is 0 Å². The number of hydrogen-bond donors (Lipinski definition) is 3. The molecule has 9 nitrogen and oxygen atoms in total. The lowest BCUT2D eigenvalue weighted by molar-refractivity contribution is -0.383. The number of guanidine groups is 1. The summed E-state index contributed by atoms with van der Waals surface area (Å²) in [6.07, 6.45) is 0.294. The topological polar surface area (TPSA) is 135 Å². The van der Waals surface area contributed by atoms with Gasteiger partial charge in [-0.3, -0.25) is 19.9 Å². The number of amides is 1. The first kappa shape index (κ1) is 16.4. The minimum atomic E-state index is -0.502. The molecule has 1 heterocycles. The van der Waals surface area contributed by atoms with Gasteiger partial charge in [-0.25, -0.2) is 5.43 Å². The van der Waals surface area contributed by atoms with E-state index in [9.17, 15) is 14.9 Å². The van der Waals surface area contributed by atoms with E-state index in [1.807, 2.05) is 13.8 Å². The normalized spacial score (nSPS) is 18.2. The average molecular weight is 318 g/mol. The number of hydrogen-bond acceptors (Lipinski definition) is 5. The van der Waals surface area contributed by atoms with Gasteiger partial charge in [0.25, 0.3) is 5.69 Å². The fraction of sp³-hybridized carbons (Fsp3) is 0.357. The monoisotopic (exact) mass is 318 g/mol. The van der Waals surface area contributed by atoms with E-state index in [0.29, 0.717) is 24.2 Å². The minimum absolute atomic E-state index is 0.110. The number of anilines is 1. The summed E-state index contributed by atoms with van der Waals surface area (Å²) in [5, 5.41) is 18.0. The number of benzene rings is 1. The molecule has 1 amide bonds. The first-order valence-electron chi connectivity index (χ1n) is 7.14. The molecule has 0 saturated heterocycles. The van der Waals surface area contributed by atoms with Gasteiger partial charge in [-0.2, -0.15) is 5.10 Å². The summed E-state index contributed by atoms with van der Waals surface area (Å²) in [7, 11) is 0. The van der Waals surface area contributed by atoms with E-state index in [1.54, 1.807) is 12.1 Å². The quantitative estimate of drug-likeness (QED) is 0.332. The van der Waals surface area contributed by atoms with Gasteiger partial charge in [-0.1, -0.05) is 13.0 Å². The van der Waals surface area contributed by atoms with Crippen molar-refractivity contribution in [2.24, 2.45) is 21.7 Å². The number of nitrogens with zero attached hydrogens (tertiary/aromatic N) is 3. The zero-order chi connectivity index (χ0) is 17.0. The molecule has 0 radical (unpaired) electrons. The SMILES string of the molecule is CCN=C(N)Nc1ccc(C2=NNC(=O)CC2C)cc1[N+](=O)[O-]. The van der Waals surface area contributed by atoms with E-state index in [0.717, 1.165) is 0 Å². The van der Waals surface area contributed by atoms with Crippen LogP contribution in [0.2, 0.25) is 0 Å². The third kappa shape index (κ3) is 3.82. The summed E-state index contributed by atoms with van der Waals surface area (Å²) in [5.74, 6) is -0.175. The highest BCUT2D eigenvalue weighted by Crippen LogP contribution is 2.27. The van der Waals surface area contributed by atoms with Gasteiger partial charge in [0.05, 0.1) is 10.6 Å². The van der Waals surface area contributed by atoms with Crippen molar-refractivity contribution in [3.63, 3.8) is 0 Å². The summed E-state index contributed by atoms with van der Waals surface area (Å²) in [4.78, 5) is 26.0. The van der Waals surface area contributed by atoms with E-state index in [4.69, 9.17) is 5.73 Å². The molecule has 122 valence electrons. The zero-order valence-corrected chi connectivity index (χ0v) is 12.9. The van der Waals surface area contributed by atoms with Crippen LogP contribution in [-0.4, -0.2) is 29.0 Å². The molecule has 0 aromatic heterocycles. The molecule has 0 fully saturated rings. The predicted molar refractivity (Wildman–Crippen MR) is 87.3 cm³/mol. The highest BCUT2D eigenvalue weighted by atomic mass is 16.6. The molecule has 1 aromatic carbocycles. The van der Waals surface area contributed by atoms with E-state index < -0.39 is 4.92 Å². The molecule has 0 bridgehead atoms. The van der Waals surface area contributed by atoms with E-state index in [-0.39, 0.29) is 29.2 Å². The van der Waals surface area contributed by atoms with Gasteiger partial charge in [0.15, 0.2) is 5.96 Å². The average Bonchev–Trinajstić information content (AvgIpc) is 2.48. The van der Waals surface area contributed by atoms with Crippen LogP contribution in [0.5, 0.6) is 0 Å². The Kier molecular flexibility index (Phi) is 4.89. The molecule has 1 unspecified atom stereocenters. The van der Waals surface area contributed by atoms with Gasteiger partial charge in [-0.15, -0.1) is 0 Å². The number of nitrogens with two attached hydrogens (primary N) is 1. The van der Waals surface area contributed by atoms with Crippen LogP contribution in [0.3, 0.4) is 0 Å². The van der Waals surface area contributed by atoms with Crippen LogP contribution in [0.15, 0.2) is 28.3 Å². The van der Waals surface area contributed by atoms with Crippen LogP contribution in [-0.2, 0) is 4.79 Å². The summed E-state index contributed by atoms with van der Waals surface area (Å²) < 4.78 is 0. The van der Waals surface area contributed by atoms with Crippen molar-refractivity contribution in [2.45, 2.75) is 20.3 Å². The zero-order valence-electron chi connectivity index (χ0n) is 12.9. The Morgan fingerprint density at radius 2 is 2.35 bits per heavy atom. The highest BCUT2D eigenvalue weighted by molar-refractivity contribution is 6.07. The number of rotatable bonds is 4. The second kappa shape index (κ2) is 6.86. The van der Waals surface area contributed by atoms with Crippen molar-refractivity contribution < 1.29 is 9.72 Å². The maximum Gasteiger partial charge on any atom is 0.293 e. The number of hydrazone groups is 1. The van der Waals surface area contributed by atoms with Crippen LogP contribution in [0.25, 0.3) is 0 Å². The third-order valence-corrected chi connectivity index (χ3v) is 3.34. The van der Waals surface area contributed by atoms with Crippen molar-refractivity contribution in [1.82, 2.24) is 5.43 Å². The second-order valence-corrected chi connectivity index (χ2v) is 5.11.